The molecule has 1 aromatic heterocycles. The summed E-state index contributed by atoms with van der Waals surface area (Å²) in [6, 6.07) is 3.66. The van der Waals surface area contributed by atoms with E-state index in [9.17, 15) is 4.79 Å². The van der Waals surface area contributed by atoms with Crippen LogP contribution >= 0.6 is 0 Å². The molecule has 0 aliphatic carbocycles. The molecule has 1 aliphatic heterocycles. The van der Waals surface area contributed by atoms with Crippen LogP contribution in [0.5, 0.6) is 0 Å². The predicted molar refractivity (Wildman–Crippen MR) is 75.1 cm³/mol. The third kappa shape index (κ3) is 3.38. The van der Waals surface area contributed by atoms with E-state index in [2.05, 4.69) is 11.8 Å². The van der Waals surface area contributed by atoms with Crippen molar-refractivity contribution in [2.75, 3.05) is 19.6 Å². The summed E-state index contributed by atoms with van der Waals surface area (Å²) in [5, 5.41) is 0. The Morgan fingerprint density at radius 2 is 2.16 bits per heavy atom. The topological polar surface area (TPSA) is 34.5 Å². The first-order valence-electron chi connectivity index (χ1n) is 7.16. The summed E-state index contributed by atoms with van der Waals surface area (Å²) in [7, 11) is 1.86. The molecule has 0 bridgehead atoms. The molecule has 0 spiro atoms. The zero-order valence-electron chi connectivity index (χ0n) is 12.1. The van der Waals surface area contributed by atoms with Crippen LogP contribution in [-0.4, -0.2) is 41.2 Å². The number of aromatic nitrogens is 1. The number of carbonyl (C=O) groups is 1. The van der Waals surface area contributed by atoms with Crippen LogP contribution in [-0.2, 0) is 11.8 Å². The lowest BCUT2D eigenvalue weighted by Crippen LogP contribution is -2.38. The molecule has 0 radical (unpaired) electrons. The number of aryl methyl sites for hydroxylation is 1. The average Bonchev–Trinajstić information content (AvgIpc) is 2.85. The molecular weight excluding hydrogens is 240 g/mol. The Morgan fingerprint density at radius 1 is 1.47 bits per heavy atom. The van der Waals surface area contributed by atoms with Crippen molar-refractivity contribution in [3.63, 3.8) is 0 Å². The lowest BCUT2D eigenvalue weighted by Gasteiger charge is -2.33. The van der Waals surface area contributed by atoms with Crippen molar-refractivity contribution in [3.8, 4) is 0 Å². The van der Waals surface area contributed by atoms with Gasteiger partial charge >= 0.3 is 5.97 Å². The number of rotatable bonds is 4. The Kier molecular flexibility index (Phi) is 4.64. The zero-order chi connectivity index (χ0) is 13.8. The molecule has 1 saturated heterocycles. The maximum absolute atomic E-state index is 12.0. The molecule has 1 aromatic rings. The number of ether oxygens (including phenoxy) is 1. The summed E-state index contributed by atoms with van der Waals surface area (Å²) in [6.07, 6.45) is 4.10. The second kappa shape index (κ2) is 6.24. The van der Waals surface area contributed by atoms with E-state index in [0.717, 1.165) is 32.5 Å². The highest BCUT2D eigenvalue weighted by Gasteiger charge is 2.26. The number of carbonyl (C=O) groups excluding carboxylic acids is 1. The highest BCUT2D eigenvalue weighted by Crippen LogP contribution is 2.23. The number of likely N-dealkylation sites (tertiary alicyclic amines) is 1. The molecule has 1 atom stereocenters. The Morgan fingerprint density at radius 3 is 2.68 bits per heavy atom. The molecule has 0 N–H and O–H groups in total. The third-order valence-corrected chi connectivity index (χ3v) is 4.19. The lowest BCUT2D eigenvalue weighted by atomic mass is 9.92. The van der Waals surface area contributed by atoms with Crippen molar-refractivity contribution in [1.29, 1.82) is 0 Å². The highest BCUT2D eigenvalue weighted by molar-refractivity contribution is 5.87. The molecule has 4 nitrogen and oxygen atoms in total. The maximum atomic E-state index is 12.0. The highest BCUT2D eigenvalue weighted by atomic mass is 16.5. The summed E-state index contributed by atoms with van der Waals surface area (Å²) in [5.41, 5.74) is 0.623. The van der Waals surface area contributed by atoms with Crippen molar-refractivity contribution in [1.82, 2.24) is 9.47 Å². The number of hydrogen-bond donors (Lipinski definition) is 0. The molecule has 1 aliphatic rings. The number of hydrogen-bond acceptors (Lipinski definition) is 3. The molecular formula is C15H24N2O2. The molecule has 0 unspecified atom stereocenters. The van der Waals surface area contributed by atoms with Crippen LogP contribution in [0.1, 0.15) is 37.2 Å². The van der Waals surface area contributed by atoms with Crippen LogP contribution in [0.4, 0.5) is 0 Å². The average molecular weight is 264 g/mol. The van der Waals surface area contributed by atoms with E-state index in [4.69, 9.17) is 4.74 Å². The summed E-state index contributed by atoms with van der Waals surface area (Å²) < 4.78 is 7.41. The fraction of sp³-hybridized carbons (Fsp3) is 0.667. The fourth-order valence-corrected chi connectivity index (χ4v) is 2.74. The van der Waals surface area contributed by atoms with Gasteiger partial charge in [0.05, 0.1) is 0 Å². The van der Waals surface area contributed by atoms with Crippen LogP contribution in [0.15, 0.2) is 18.3 Å². The van der Waals surface area contributed by atoms with Crippen molar-refractivity contribution in [3.05, 3.63) is 24.0 Å². The largest absolute Gasteiger partial charge is 0.458 e. The van der Waals surface area contributed by atoms with E-state index in [-0.39, 0.29) is 12.1 Å². The number of esters is 1. The smallest absolute Gasteiger partial charge is 0.355 e. The van der Waals surface area contributed by atoms with Gasteiger partial charge in [-0.05, 0) is 57.5 Å². The molecule has 19 heavy (non-hydrogen) atoms. The molecule has 0 aromatic carbocycles. The van der Waals surface area contributed by atoms with Crippen molar-refractivity contribution in [2.24, 2.45) is 13.0 Å². The summed E-state index contributed by atoms with van der Waals surface area (Å²) in [4.78, 5) is 14.5. The van der Waals surface area contributed by atoms with Gasteiger partial charge in [-0.1, -0.05) is 6.92 Å². The Hall–Kier alpha value is -1.29. The van der Waals surface area contributed by atoms with Crippen LogP contribution in [0.2, 0.25) is 0 Å². The van der Waals surface area contributed by atoms with E-state index in [1.807, 2.05) is 26.2 Å². The van der Waals surface area contributed by atoms with E-state index < -0.39 is 0 Å². The molecule has 2 heterocycles. The molecule has 2 rings (SSSR count). The summed E-state index contributed by atoms with van der Waals surface area (Å²) >= 11 is 0. The summed E-state index contributed by atoms with van der Waals surface area (Å²) in [5.74, 6) is 0.282. The van der Waals surface area contributed by atoms with Crippen LogP contribution in [0.3, 0.4) is 0 Å². The van der Waals surface area contributed by atoms with Gasteiger partial charge in [-0.25, -0.2) is 4.79 Å². The zero-order valence-corrected chi connectivity index (χ0v) is 12.1. The van der Waals surface area contributed by atoms with Gasteiger partial charge in [0.1, 0.15) is 11.8 Å². The first-order valence-corrected chi connectivity index (χ1v) is 7.16. The molecule has 1 fully saturated rings. The van der Waals surface area contributed by atoms with Crippen molar-refractivity contribution < 1.29 is 9.53 Å². The van der Waals surface area contributed by atoms with Crippen LogP contribution < -0.4 is 0 Å². The van der Waals surface area contributed by atoms with Gasteiger partial charge in [-0.15, -0.1) is 0 Å². The number of nitrogens with zero attached hydrogens (tertiary/aromatic N) is 2. The predicted octanol–water partition coefficient (Wildman–Crippen LogP) is 2.30. The van der Waals surface area contributed by atoms with Gasteiger partial charge in [0.15, 0.2) is 0 Å². The van der Waals surface area contributed by atoms with E-state index in [0.29, 0.717) is 11.6 Å². The van der Waals surface area contributed by atoms with E-state index in [1.165, 1.54) is 0 Å². The monoisotopic (exact) mass is 264 g/mol. The standard InChI is InChI=1S/C15H24N2O2/c1-4-17-10-7-13(8-11-17)12(2)19-15(18)14-6-5-9-16(14)3/h5-6,9,12-13H,4,7-8,10-11H2,1-3H3/t12-/m1/s1. The first-order chi connectivity index (χ1) is 9.11. The third-order valence-electron chi connectivity index (χ3n) is 4.19. The maximum Gasteiger partial charge on any atom is 0.355 e. The van der Waals surface area contributed by atoms with Gasteiger partial charge in [-0.2, -0.15) is 0 Å². The van der Waals surface area contributed by atoms with Gasteiger partial charge < -0.3 is 14.2 Å². The minimum Gasteiger partial charge on any atom is -0.458 e. The van der Waals surface area contributed by atoms with E-state index >= 15 is 0 Å². The van der Waals surface area contributed by atoms with E-state index in [1.54, 1.807) is 10.6 Å². The Balaban J connectivity index is 1.86. The summed E-state index contributed by atoms with van der Waals surface area (Å²) in [6.45, 7) is 7.57. The molecule has 0 saturated carbocycles. The normalized spacial score (nSPS) is 19.3. The molecule has 0 amide bonds. The number of piperidine rings is 1. The SMILES string of the molecule is CCN1CCC([C@@H](C)OC(=O)c2cccn2C)CC1. The minimum absolute atomic E-state index is 0.00130. The molecule has 106 valence electrons. The quantitative estimate of drug-likeness (QED) is 0.783. The second-order valence-corrected chi connectivity index (χ2v) is 5.39. The van der Waals surface area contributed by atoms with Gasteiger partial charge in [0.25, 0.3) is 0 Å². The van der Waals surface area contributed by atoms with Gasteiger partial charge in [0.2, 0.25) is 0 Å². The van der Waals surface area contributed by atoms with Crippen LogP contribution in [0, 0.1) is 5.92 Å². The lowest BCUT2D eigenvalue weighted by molar-refractivity contribution is 0.00761. The Labute approximate surface area is 115 Å². The van der Waals surface area contributed by atoms with Gasteiger partial charge in [-0.3, -0.25) is 0 Å². The van der Waals surface area contributed by atoms with Crippen molar-refractivity contribution >= 4 is 5.97 Å². The van der Waals surface area contributed by atoms with Crippen molar-refractivity contribution in [2.45, 2.75) is 32.8 Å². The molecule has 4 heteroatoms. The first kappa shape index (κ1) is 14.1. The second-order valence-electron chi connectivity index (χ2n) is 5.39. The minimum atomic E-state index is -0.210. The fourth-order valence-electron chi connectivity index (χ4n) is 2.74. The van der Waals surface area contributed by atoms with Crippen LogP contribution in [0.25, 0.3) is 0 Å². The Bertz CT molecular complexity index is 420. The van der Waals surface area contributed by atoms with Gasteiger partial charge in [0, 0.05) is 13.2 Å².